The van der Waals surface area contributed by atoms with E-state index in [0.717, 1.165) is 30.7 Å². The highest BCUT2D eigenvalue weighted by Crippen LogP contribution is 2.28. The average molecular weight is 275 g/mol. The van der Waals surface area contributed by atoms with Gasteiger partial charge in [0.05, 0.1) is 6.10 Å². The molecule has 20 heavy (non-hydrogen) atoms. The van der Waals surface area contributed by atoms with Crippen molar-refractivity contribution in [2.24, 2.45) is 11.8 Å². The van der Waals surface area contributed by atoms with Gasteiger partial charge in [-0.2, -0.15) is 0 Å². The zero-order valence-electron chi connectivity index (χ0n) is 13.2. The van der Waals surface area contributed by atoms with Gasteiger partial charge in [-0.05, 0) is 56.3 Å². The molecule has 0 radical (unpaired) electrons. The molecule has 2 nitrogen and oxygen atoms in total. The molecule has 1 aromatic rings. The van der Waals surface area contributed by atoms with Gasteiger partial charge in [0.15, 0.2) is 0 Å². The van der Waals surface area contributed by atoms with E-state index < -0.39 is 0 Å². The molecular formula is C18H29NO. The van der Waals surface area contributed by atoms with Gasteiger partial charge in [0.25, 0.3) is 0 Å². The third-order valence-electron chi connectivity index (χ3n) is 4.32. The molecule has 0 amide bonds. The standard InChI is InChI=1S/C18H29NO/c1-14(2)20-18-10-8-16(9-11-18)12-19-13-17-7-5-4-6-15(17)3/h8-11,14-15,17,19H,4-7,12-13H2,1-3H3. The van der Waals surface area contributed by atoms with Crippen LogP contribution in [0, 0.1) is 11.8 Å². The quantitative estimate of drug-likeness (QED) is 0.831. The summed E-state index contributed by atoms with van der Waals surface area (Å²) in [5, 5.41) is 3.62. The molecule has 1 saturated carbocycles. The fourth-order valence-corrected chi connectivity index (χ4v) is 3.06. The van der Waals surface area contributed by atoms with Gasteiger partial charge in [-0.25, -0.2) is 0 Å². The van der Waals surface area contributed by atoms with Gasteiger partial charge < -0.3 is 10.1 Å². The van der Waals surface area contributed by atoms with Crippen LogP contribution in [-0.2, 0) is 6.54 Å². The summed E-state index contributed by atoms with van der Waals surface area (Å²) in [5.74, 6) is 2.72. The predicted octanol–water partition coefficient (Wildman–Crippen LogP) is 4.39. The fourth-order valence-electron chi connectivity index (χ4n) is 3.06. The number of benzene rings is 1. The Bertz CT molecular complexity index is 385. The fraction of sp³-hybridized carbons (Fsp3) is 0.667. The lowest BCUT2D eigenvalue weighted by Gasteiger charge is -2.28. The van der Waals surface area contributed by atoms with Gasteiger partial charge in [-0.1, -0.05) is 38.3 Å². The zero-order valence-corrected chi connectivity index (χ0v) is 13.2. The first-order valence-electron chi connectivity index (χ1n) is 8.11. The van der Waals surface area contributed by atoms with E-state index in [0.29, 0.717) is 0 Å². The van der Waals surface area contributed by atoms with Crippen molar-refractivity contribution in [3.05, 3.63) is 29.8 Å². The Labute approximate surface area is 123 Å². The van der Waals surface area contributed by atoms with Gasteiger partial charge in [0.1, 0.15) is 5.75 Å². The minimum absolute atomic E-state index is 0.242. The molecule has 0 bridgehead atoms. The second kappa shape index (κ2) is 7.68. The molecule has 0 saturated heterocycles. The molecule has 1 aliphatic carbocycles. The molecule has 0 spiro atoms. The molecule has 0 aliphatic heterocycles. The van der Waals surface area contributed by atoms with Crippen molar-refractivity contribution < 1.29 is 4.74 Å². The lowest BCUT2D eigenvalue weighted by Crippen LogP contribution is -2.29. The van der Waals surface area contributed by atoms with Crippen LogP contribution in [0.4, 0.5) is 0 Å². The third kappa shape index (κ3) is 4.82. The molecule has 1 N–H and O–H groups in total. The largest absolute Gasteiger partial charge is 0.491 e. The Morgan fingerprint density at radius 1 is 1.15 bits per heavy atom. The van der Waals surface area contributed by atoms with Crippen LogP contribution < -0.4 is 10.1 Å². The number of nitrogens with one attached hydrogen (secondary N) is 1. The van der Waals surface area contributed by atoms with Crippen molar-refractivity contribution in [2.75, 3.05) is 6.54 Å². The Kier molecular flexibility index (Phi) is 5.90. The van der Waals surface area contributed by atoms with Crippen LogP contribution >= 0.6 is 0 Å². The first kappa shape index (κ1) is 15.4. The van der Waals surface area contributed by atoms with Crippen LogP contribution in [0.25, 0.3) is 0 Å². The topological polar surface area (TPSA) is 21.3 Å². The average Bonchev–Trinajstić information content (AvgIpc) is 2.42. The molecule has 0 aromatic heterocycles. The van der Waals surface area contributed by atoms with E-state index in [9.17, 15) is 0 Å². The number of hydrogen-bond acceptors (Lipinski definition) is 2. The van der Waals surface area contributed by atoms with Crippen LogP contribution in [0.15, 0.2) is 24.3 Å². The first-order valence-corrected chi connectivity index (χ1v) is 8.11. The molecule has 1 aliphatic rings. The lowest BCUT2D eigenvalue weighted by atomic mass is 9.80. The molecule has 1 fully saturated rings. The van der Waals surface area contributed by atoms with Crippen LogP contribution in [-0.4, -0.2) is 12.6 Å². The minimum atomic E-state index is 0.242. The van der Waals surface area contributed by atoms with Crippen LogP contribution in [0.5, 0.6) is 5.75 Å². The molecular weight excluding hydrogens is 246 g/mol. The normalized spacial score (nSPS) is 23.0. The van der Waals surface area contributed by atoms with Gasteiger partial charge in [0, 0.05) is 6.54 Å². The van der Waals surface area contributed by atoms with Crippen molar-refractivity contribution in [1.82, 2.24) is 5.32 Å². The molecule has 2 unspecified atom stereocenters. The first-order chi connectivity index (χ1) is 9.65. The molecule has 2 rings (SSSR count). The Balaban J connectivity index is 1.73. The summed E-state index contributed by atoms with van der Waals surface area (Å²) in [5.41, 5.74) is 1.34. The monoisotopic (exact) mass is 275 g/mol. The Morgan fingerprint density at radius 3 is 2.50 bits per heavy atom. The Morgan fingerprint density at radius 2 is 1.85 bits per heavy atom. The summed E-state index contributed by atoms with van der Waals surface area (Å²) in [4.78, 5) is 0. The second-order valence-corrected chi connectivity index (χ2v) is 6.46. The van der Waals surface area contributed by atoms with E-state index in [-0.39, 0.29) is 6.10 Å². The smallest absolute Gasteiger partial charge is 0.119 e. The lowest BCUT2D eigenvalue weighted by molar-refractivity contribution is 0.242. The van der Waals surface area contributed by atoms with Crippen molar-refractivity contribution in [1.29, 1.82) is 0 Å². The van der Waals surface area contributed by atoms with Gasteiger partial charge in [-0.15, -0.1) is 0 Å². The van der Waals surface area contributed by atoms with Gasteiger partial charge >= 0.3 is 0 Å². The number of rotatable bonds is 6. The van der Waals surface area contributed by atoms with Crippen molar-refractivity contribution in [3.8, 4) is 5.75 Å². The summed E-state index contributed by atoms with van der Waals surface area (Å²) >= 11 is 0. The maximum absolute atomic E-state index is 5.66. The predicted molar refractivity (Wildman–Crippen MR) is 85.0 cm³/mol. The summed E-state index contributed by atoms with van der Waals surface area (Å²) in [6.07, 6.45) is 5.89. The summed E-state index contributed by atoms with van der Waals surface area (Å²) in [7, 11) is 0. The SMILES string of the molecule is CC(C)Oc1ccc(CNCC2CCCCC2C)cc1. The van der Waals surface area contributed by atoms with E-state index in [1.807, 2.05) is 0 Å². The molecule has 112 valence electrons. The van der Waals surface area contributed by atoms with Crippen LogP contribution in [0.1, 0.15) is 52.0 Å². The van der Waals surface area contributed by atoms with E-state index in [4.69, 9.17) is 4.74 Å². The van der Waals surface area contributed by atoms with Crippen molar-refractivity contribution in [3.63, 3.8) is 0 Å². The summed E-state index contributed by atoms with van der Waals surface area (Å²) < 4.78 is 5.66. The maximum atomic E-state index is 5.66. The zero-order chi connectivity index (χ0) is 14.4. The molecule has 0 heterocycles. The van der Waals surface area contributed by atoms with E-state index in [1.165, 1.54) is 31.2 Å². The van der Waals surface area contributed by atoms with E-state index in [1.54, 1.807) is 0 Å². The number of hydrogen-bond donors (Lipinski definition) is 1. The van der Waals surface area contributed by atoms with E-state index in [2.05, 4.69) is 50.4 Å². The highest BCUT2D eigenvalue weighted by atomic mass is 16.5. The van der Waals surface area contributed by atoms with Crippen LogP contribution in [0.3, 0.4) is 0 Å². The van der Waals surface area contributed by atoms with Crippen molar-refractivity contribution in [2.45, 2.75) is 59.1 Å². The van der Waals surface area contributed by atoms with Gasteiger partial charge in [-0.3, -0.25) is 0 Å². The second-order valence-electron chi connectivity index (χ2n) is 6.46. The van der Waals surface area contributed by atoms with Crippen LogP contribution in [0.2, 0.25) is 0 Å². The minimum Gasteiger partial charge on any atom is -0.491 e. The highest BCUT2D eigenvalue weighted by molar-refractivity contribution is 5.27. The number of ether oxygens (including phenoxy) is 1. The summed E-state index contributed by atoms with van der Waals surface area (Å²) in [6.45, 7) is 8.64. The van der Waals surface area contributed by atoms with Gasteiger partial charge in [0.2, 0.25) is 0 Å². The molecule has 1 aromatic carbocycles. The highest BCUT2D eigenvalue weighted by Gasteiger charge is 2.20. The van der Waals surface area contributed by atoms with E-state index >= 15 is 0 Å². The Hall–Kier alpha value is -1.02. The third-order valence-corrected chi connectivity index (χ3v) is 4.32. The summed E-state index contributed by atoms with van der Waals surface area (Å²) in [6, 6.07) is 8.46. The maximum Gasteiger partial charge on any atom is 0.119 e. The van der Waals surface area contributed by atoms with Crippen molar-refractivity contribution >= 4 is 0 Å². The molecule has 2 atom stereocenters. The molecule has 2 heteroatoms.